The van der Waals surface area contributed by atoms with E-state index in [0.29, 0.717) is 17.0 Å². The normalized spacial score (nSPS) is 11.2. The Kier molecular flexibility index (Phi) is 6.02. The zero-order chi connectivity index (χ0) is 16.8. The lowest BCUT2D eigenvalue weighted by atomic mass is 10.0. The zero-order valence-electron chi connectivity index (χ0n) is 12.8. The largest absolute Gasteiger partial charge is 0.295 e. The predicted octanol–water partition coefficient (Wildman–Crippen LogP) is 4.36. The molecule has 2 amide bonds. The quantitative estimate of drug-likeness (QED) is 0.497. The number of halogens is 1. The van der Waals surface area contributed by atoms with E-state index in [4.69, 9.17) is 11.6 Å². The van der Waals surface area contributed by atoms with Gasteiger partial charge >= 0.3 is 0 Å². The molecule has 5 heteroatoms. The molecule has 1 N–H and O–H groups in total. The van der Waals surface area contributed by atoms with E-state index in [1.54, 1.807) is 17.5 Å². The van der Waals surface area contributed by atoms with Crippen LogP contribution < -0.4 is 5.32 Å². The summed E-state index contributed by atoms with van der Waals surface area (Å²) in [7, 11) is 0. The molecule has 0 saturated heterocycles. The van der Waals surface area contributed by atoms with Crippen LogP contribution in [0, 0.1) is 13.8 Å². The molecule has 0 atom stereocenters. The fraction of sp³-hybridized carbons (Fsp3) is 0.111. The fourth-order valence-electron chi connectivity index (χ4n) is 1.93. The number of hydrogen-bond donors (Lipinski definition) is 1. The highest BCUT2D eigenvalue weighted by atomic mass is 35.5. The van der Waals surface area contributed by atoms with E-state index in [0.717, 1.165) is 21.6 Å². The minimum Gasteiger partial charge on any atom is -0.295 e. The second kappa shape index (κ2) is 7.99. The summed E-state index contributed by atoms with van der Waals surface area (Å²) < 4.78 is 0. The van der Waals surface area contributed by atoms with Gasteiger partial charge in [-0.05, 0) is 60.2 Å². The van der Waals surface area contributed by atoms with E-state index in [9.17, 15) is 9.59 Å². The number of aryl methyl sites for hydroxylation is 2. The molecule has 0 heterocycles. The maximum Gasteiger partial charge on any atom is 0.258 e. The van der Waals surface area contributed by atoms with E-state index < -0.39 is 5.91 Å². The number of carbonyl (C=O) groups is 2. The Hall–Kier alpha value is -2.04. The van der Waals surface area contributed by atoms with Gasteiger partial charge in [0.1, 0.15) is 0 Å². The number of carbonyl (C=O) groups excluding carboxylic acids is 2. The van der Waals surface area contributed by atoms with Crippen molar-refractivity contribution in [3.63, 3.8) is 0 Å². The Morgan fingerprint density at radius 1 is 1.09 bits per heavy atom. The highest BCUT2D eigenvalue weighted by Gasteiger charge is 2.12. The molecule has 0 saturated carbocycles. The lowest BCUT2D eigenvalue weighted by Gasteiger charge is -2.09. The van der Waals surface area contributed by atoms with Crippen molar-refractivity contribution >= 4 is 41.3 Å². The first kappa shape index (κ1) is 17.3. The van der Waals surface area contributed by atoms with Crippen LogP contribution >= 0.6 is 23.4 Å². The third-order valence-corrected chi connectivity index (χ3v) is 4.53. The van der Waals surface area contributed by atoms with E-state index in [2.05, 4.69) is 5.32 Å². The topological polar surface area (TPSA) is 46.2 Å². The summed E-state index contributed by atoms with van der Waals surface area (Å²) in [5.41, 5.74) is 3.45. The molecule has 0 aliphatic carbocycles. The van der Waals surface area contributed by atoms with Crippen molar-refractivity contribution in [3.05, 3.63) is 69.6 Å². The van der Waals surface area contributed by atoms with Gasteiger partial charge in [-0.2, -0.15) is 0 Å². The summed E-state index contributed by atoms with van der Waals surface area (Å²) in [6.45, 7) is 4.00. The molecular weight excluding hydrogens is 330 g/mol. The third-order valence-electron chi connectivity index (χ3n) is 3.38. The summed E-state index contributed by atoms with van der Waals surface area (Å²) >= 11 is 7.27. The van der Waals surface area contributed by atoms with Gasteiger partial charge in [0.05, 0.1) is 5.57 Å². The monoisotopic (exact) mass is 345 g/mol. The second-order valence-electron chi connectivity index (χ2n) is 4.99. The SMILES string of the molecule is Cc1ccc(/C(=C/Sc2ccc(Cl)cc2)C(=O)NC=O)cc1C. The molecule has 0 bridgehead atoms. The van der Waals surface area contributed by atoms with Crippen LogP contribution in [-0.4, -0.2) is 12.3 Å². The Morgan fingerprint density at radius 3 is 2.39 bits per heavy atom. The number of thioether (sulfide) groups is 1. The van der Waals surface area contributed by atoms with Crippen LogP contribution in [0.3, 0.4) is 0 Å². The highest BCUT2D eigenvalue weighted by Crippen LogP contribution is 2.27. The van der Waals surface area contributed by atoms with Crippen molar-refractivity contribution in [2.24, 2.45) is 0 Å². The second-order valence-corrected chi connectivity index (χ2v) is 6.37. The molecule has 2 aromatic carbocycles. The summed E-state index contributed by atoms with van der Waals surface area (Å²) in [6, 6.07) is 13.1. The molecule has 3 nitrogen and oxygen atoms in total. The lowest BCUT2D eigenvalue weighted by molar-refractivity contribution is -0.121. The Labute approximate surface area is 144 Å². The van der Waals surface area contributed by atoms with Crippen molar-refractivity contribution < 1.29 is 9.59 Å². The molecule has 0 aliphatic heterocycles. The van der Waals surface area contributed by atoms with Crippen molar-refractivity contribution in [1.29, 1.82) is 0 Å². The van der Waals surface area contributed by atoms with Crippen LogP contribution in [0.5, 0.6) is 0 Å². The van der Waals surface area contributed by atoms with E-state index in [1.807, 2.05) is 44.2 Å². The van der Waals surface area contributed by atoms with Crippen LogP contribution in [0.4, 0.5) is 0 Å². The molecule has 0 fully saturated rings. The summed E-state index contributed by atoms with van der Waals surface area (Å²) in [4.78, 5) is 23.7. The number of rotatable bonds is 5. The number of nitrogens with one attached hydrogen (secondary N) is 1. The number of amides is 2. The maximum atomic E-state index is 12.2. The zero-order valence-corrected chi connectivity index (χ0v) is 14.4. The number of hydrogen-bond acceptors (Lipinski definition) is 3. The number of imide groups is 1. The summed E-state index contributed by atoms with van der Waals surface area (Å²) in [5, 5.41) is 4.60. The Bertz CT molecular complexity index is 754. The summed E-state index contributed by atoms with van der Waals surface area (Å²) in [5.74, 6) is -0.426. The van der Waals surface area contributed by atoms with Crippen LogP contribution in [0.1, 0.15) is 16.7 Å². The molecule has 2 aromatic rings. The van der Waals surface area contributed by atoms with Crippen LogP contribution in [0.2, 0.25) is 5.02 Å². The molecule has 118 valence electrons. The van der Waals surface area contributed by atoms with E-state index in [1.165, 1.54) is 11.8 Å². The van der Waals surface area contributed by atoms with E-state index >= 15 is 0 Å². The first-order chi connectivity index (χ1) is 11.0. The molecular formula is C18H16ClNO2S. The Morgan fingerprint density at radius 2 is 1.78 bits per heavy atom. The molecule has 0 radical (unpaired) electrons. The van der Waals surface area contributed by atoms with Crippen molar-refractivity contribution in [3.8, 4) is 0 Å². The first-order valence-corrected chi connectivity index (χ1v) is 8.21. The number of benzene rings is 2. The van der Waals surface area contributed by atoms with Gasteiger partial charge in [0.25, 0.3) is 5.91 Å². The summed E-state index contributed by atoms with van der Waals surface area (Å²) in [6.07, 6.45) is 0.393. The molecule has 0 aromatic heterocycles. The van der Waals surface area contributed by atoms with Crippen molar-refractivity contribution in [1.82, 2.24) is 5.32 Å². The minimum absolute atomic E-state index is 0.393. The molecule has 23 heavy (non-hydrogen) atoms. The smallest absolute Gasteiger partial charge is 0.258 e. The van der Waals surface area contributed by atoms with Crippen LogP contribution in [-0.2, 0) is 9.59 Å². The van der Waals surface area contributed by atoms with Gasteiger partial charge in [-0.1, -0.05) is 41.6 Å². The van der Waals surface area contributed by atoms with Crippen molar-refractivity contribution in [2.45, 2.75) is 18.7 Å². The van der Waals surface area contributed by atoms with Gasteiger partial charge < -0.3 is 0 Å². The minimum atomic E-state index is -0.426. The first-order valence-electron chi connectivity index (χ1n) is 6.96. The molecule has 0 aliphatic rings. The maximum absolute atomic E-state index is 12.2. The lowest BCUT2D eigenvalue weighted by Crippen LogP contribution is -2.22. The molecule has 0 unspecified atom stereocenters. The van der Waals surface area contributed by atoms with Crippen molar-refractivity contribution in [2.75, 3.05) is 0 Å². The van der Waals surface area contributed by atoms with Gasteiger partial charge in [0.15, 0.2) is 0 Å². The van der Waals surface area contributed by atoms with Crippen LogP contribution in [0.15, 0.2) is 52.8 Å². The Balaban J connectivity index is 2.34. The molecule has 2 rings (SSSR count). The fourth-order valence-corrected chi connectivity index (χ4v) is 2.85. The average Bonchev–Trinajstić information content (AvgIpc) is 2.53. The van der Waals surface area contributed by atoms with E-state index in [-0.39, 0.29) is 0 Å². The van der Waals surface area contributed by atoms with Crippen LogP contribution in [0.25, 0.3) is 5.57 Å². The van der Waals surface area contributed by atoms with Gasteiger partial charge in [0, 0.05) is 9.92 Å². The van der Waals surface area contributed by atoms with Gasteiger partial charge in [-0.15, -0.1) is 0 Å². The van der Waals surface area contributed by atoms with Gasteiger partial charge in [-0.3, -0.25) is 14.9 Å². The molecule has 0 spiro atoms. The highest BCUT2D eigenvalue weighted by molar-refractivity contribution is 8.02. The standard InChI is InChI=1S/C18H16ClNO2S/c1-12-3-4-14(9-13(12)2)17(18(22)20-11-21)10-23-16-7-5-15(19)6-8-16/h3-11H,1-2H3,(H,20,21,22)/b17-10-. The predicted molar refractivity (Wildman–Crippen MR) is 95.4 cm³/mol. The average molecular weight is 346 g/mol. The third kappa shape index (κ3) is 4.71. The van der Waals surface area contributed by atoms with Gasteiger partial charge in [0.2, 0.25) is 6.41 Å². The van der Waals surface area contributed by atoms with Gasteiger partial charge in [-0.25, -0.2) is 0 Å².